The number of benzene rings is 3. The maximum absolute atomic E-state index is 13.7. The number of H-pyrrole nitrogens is 2. The molecule has 7 rings (SSSR count). The third-order valence-corrected chi connectivity index (χ3v) is 11.6. The minimum atomic E-state index is -0.694. The van der Waals surface area contributed by atoms with E-state index in [4.69, 9.17) is 19.4 Å². The predicted octanol–water partition coefficient (Wildman–Crippen LogP) is 7.42. The number of amides is 4. The first-order valence-corrected chi connectivity index (χ1v) is 20.3. The van der Waals surface area contributed by atoms with E-state index in [0.29, 0.717) is 13.1 Å². The molecule has 4 atom stereocenters. The normalized spacial score (nSPS) is 17.9. The van der Waals surface area contributed by atoms with Crippen molar-refractivity contribution < 1.29 is 28.7 Å². The van der Waals surface area contributed by atoms with E-state index < -0.39 is 24.3 Å². The first kappa shape index (κ1) is 40.3. The van der Waals surface area contributed by atoms with Gasteiger partial charge in [0.15, 0.2) is 0 Å². The Kier molecular flexibility index (Phi) is 11.7. The largest absolute Gasteiger partial charge is 0.453 e. The first-order chi connectivity index (χ1) is 27.9. The van der Waals surface area contributed by atoms with Gasteiger partial charge in [0.1, 0.15) is 23.7 Å². The molecule has 4 heterocycles. The molecule has 306 valence electrons. The van der Waals surface area contributed by atoms with Gasteiger partial charge in [-0.15, -0.1) is 0 Å². The van der Waals surface area contributed by atoms with Crippen LogP contribution in [0.4, 0.5) is 9.59 Å². The molecule has 2 aromatic heterocycles. The molecule has 0 aliphatic carbocycles. The predicted molar refractivity (Wildman–Crippen MR) is 222 cm³/mol. The van der Waals surface area contributed by atoms with Crippen LogP contribution in [-0.2, 0) is 25.5 Å². The second-order valence-electron chi connectivity index (χ2n) is 16.0. The van der Waals surface area contributed by atoms with Crippen LogP contribution in [0.1, 0.15) is 89.6 Å². The van der Waals surface area contributed by atoms with E-state index >= 15 is 0 Å². The lowest BCUT2D eigenvalue weighted by Gasteiger charge is -2.29. The Morgan fingerprint density at radius 3 is 1.60 bits per heavy atom. The molecule has 0 bridgehead atoms. The van der Waals surface area contributed by atoms with Crippen LogP contribution >= 0.6 is 0 Å². The Balaban J connectivity index is 1.11. The molecular formula is C44H54N8O6. The summed E-state index contributed by atoms with van der Waals surface area (Å²) >= 11 is 0. The zero-order chi connectivity index (χ0) is 41.2. The van der Waals surface area contributed by atoms with Gasteiger partial charge in [-0.2, -0.15) is 0 Å². The van der Waals surface area contributed by atoms with Gasteiger partial charge in [0.2, 0.25) is 11.8 Å². The van der Waals surface area contributed by atoms with Crippen molar-refractivity contribution in [2.24, 2.45) is 11.8 Å². The molecule has 5 aromatic rings. The maximum Gasteiger partial charge on any atom is 0.407 e. The number of methoxy groups -OCH3 is 2. The minimum absolute atomic E-state index is 0.110. The highest BCUT2D eigenvalue weighted by molar-refractivity contribution is 5.89. The zero-order valence-electron chi connectivity index (χ0n) is 34.3. The van der Waals surface area contributed by atoms with Crippen molar-refractivity contribution in [3.8, 4) is 22.3 Å². The van der Waals surface area contributed by atoms with E-state index in [0.717, 1.165) is 88.1 Å². The van der Waals surface area contributed by atoms with Crippen LogP contribution in [0.3, 0.4) is 0 Å². The van der Waals surface area contributed by atoms with Gasteiger partial charge < -0.3 is 39.9 Å². The summed E-state index contributed by atoms with van der Waals surface area (Å²) in [6.07, 6.45) is 2.83. The zero-order valence-corrected chi connectivity index (χ0v) is 34.3. The van der Waals surface area contributed by atoms with Crippen LogP contribution in [0.5, 0.6) is 0 Å². The molecular weight excluding hydrogens is 737 g/mol. The summed E-state index contributed by atoms with van der Waals surface area (Å²) in [5, 5.41) is 5.43. The van der Waals surface area contributed by atoms with E-state index in [1.165, 1.54) is 19.8 Å². The van der Waals surface area contributed by atoms with Gasteiger partial charge in [-0.25, -0.2) is 19.6 Å². The molecule has 2 fully saturated rings. The maximum atomic E-state index is 13.7. The Labute approximate surface area is 338 Å². The quantitative estimate of drug-likeness (QED) is 0.107. The third kappa shape index (κ3) is 7.96. The number of hydrogen-bond acceptors (Lipinski definition) is 8. The van der Waals surface area contributed by atoms with Crippen LogP contribution in [0.25, 0.3) is 44.3 Å². The highest BCUT2D eigenvalue weighted by Crippen LogP contribution is 2.37. The Morgan fingerprint density at radius 2 is 1.14 bits per heavy atom. The molecule has 4 N–H and O–H groups in total. The van der Waals surface area contributed by atoms with Gasteiger partial charge in [-0.05, 0) is 96.0 Å². The molecule has 0 saturated carbocycles. The smallest absolute Gasteiger partial charge is 0.407 e. The van der Waals surface area contributed by atoms with Crippen molar-refractivity contribution in [1.29, 1.82) is 0 Å². The standard InChI is InChI=1S/C44H54N8O6/c1-8-26-21-27(28-14-17-31-33(22-28)47-39(45-31)35-11-9-19-51(35)41(53)37(24(2)3)49-43(55)57-6)13-16-30(26)29-15-18-32-34(23-29)48-40(46-32)36-12-10-20-52(36)42(54)38(25(4)5)50-44(56)58-7/h13-18,21-25,35-38H,8-12,19-20H2,1-7H3,(H,45,47)(H,46,48)(H,49,55)(H,50,56)/t35-,36-,37-,38-/m0/s1. The average Bonchev–Trinajstić information content (AvgIpc) is 4.05. The summed E-state index contributed by atoms with van der Waals surface area (Å²) in [7, 11) is 2.59. The Bertz CT molecular complexity index is 2330. The molecule has 4 amide bonds. The summed E-state index contributed by atoms with van der Waals surface area (Å²) < 4.78 is 9.57. The van der Waals surface area contributed by atoms with Crippen LogP contribution in [0.2, 0.25) is 0 Å². The second-order valence-corrected chi connectivity index (χ2v) is 16.0. The number of rotatable bonds is 11. The highest BCUT2D eigenvalue weighted by atomic mass is 16.5. The van der Waals surface area contributed by atoms with E-state index in [-0.39, 0.29) is 35.7 Å². The number of likely N-dealkylation sites (tertiary alicyclic amines) is 2. The van der Waals surface area contributed by atoms with E-state index in [2.05, 4.69) is 70.0 Å². The lowest BCUT2D eigenvalue weighted by molar-refractivity contribution is -0.136. The van der Waals surface area contributed by atoms with Gasteiger partial charge in [0.25, 0.3) is 0 Å². The molecule has 14 nitrogen and oxygen atoms in total. The van der Waals surface area contributed by atoms with Crippen molar-refractivity contribution in [2.45, 2.75) is 90.9 Å². The van der Waals surface area contributed by atoms with Crippen LogP contribution < -0.4 is 10.6 Å². The molecule has 2 saturated heterocycles. The van der Waals surface area contributed by atoms with Crippen LogP contribution in [0, 0.1) is 11.8 Å². The van der Waals surface area contributed by atoms with E-state index in [9.17, 15) is 19.2 Å². The van der Waals surface area contributed by atoms with Crippen molar-refractivity contribution >= 4 is 46.1 Å². The number of carbonyl (C=O) groups is 4. The number of aromatic nitrogens is 4. The summed E-state index contributed by atoms with van der Waals surface area (Å²) in [6, 6.07) is 17.2. The van der Waals surface area contributed by atoms with Gasteiger partial charge >= 0.3 is 12.2 Å². The molecule has 58 heavy (non-hydrogen) atoms. The molecule has 0 unspecified atom stereocenters. The third-order valence-electron chi connectivity index (χ3n) is 11.6. The first-order valence-electron chi connectivity index (χ1n) is 20.3. The number of ether oxygens (including phenoxy) is 2. The summed E-state index contributed by atoms with van der Waals surface area (Å²) in [4.78, 5) is 71.9. The molecule has 14 heteroatoms. The second kappa shape index (κ2) is 16.9. The van der Waals surface area contributed by atoms with Crippen LogP contribution in [0.15, 0.2) is 54.6 Å². The van der Waals surface area contributed by atoms with Gasteiger partial charge in [-0.3, -0.25) is 9.59 Å². The fraction of sp³-hybridized carbons (Fsp3) is 0.455. The number of alkyl carbamates (subject to hydrolysis) is 2. The molecule has 0 radical (unpaired) electrons. The van der Waals surface area contributed by atoms with Crippen molar-refractivity contribution in [2.75, 3.05) is 27.3 Å². The summed E-state index contributed by atoms with van der Waals surface area (Å²) in [5.74, 6) is 0.985. The van der Waals surface area contributed by atoms with Crippen LogP contribution in [-0.4, -0.2) is 93.1 Å². The molecule has 3 aromatic carbocycles. The number of nitrogens with zero attached hydrogens (tertiary/aromatic N) is 4. The fourth-order valence-electron chi connectivity index (χ4n) is 8.45. The summed E-state index contributed by atoms with van der Waals surface area (Å²) in [6.45, 7) is 11.0. The Morgan fingerprint density at radius 1 is 0.690 bits per heavy atom. The number of aryl methyl sites for hydroxylation is 1. The van der Waals surface area contributed by atoms with E-state index in [1.807, 2.05) is 49.6 Å². The molecule has 0 spiro atoms. The minimum Gasteiger partial charge on any atom is -0.453 e. The van der Waals surface area contributed by atoms with E-state index in [1.54, 1.807) is 0 Å². The highest BCUT2D eigenvalue weighted by Gasteiger charge is 2.39. The van der Waals surface area contributed by atoms with Crippen molar-refractivity contribution in [3.05, 3.63) is 71.8 Å². The molecule has 2 aliphatic rings. The topological polar surface area (TPSA) is 175 Å². The number of fused-ring (bicyclic) bond motifs is 2. The fourth-order valence-corrected chi connectivity index (χ4v) is 8.45. The number of imidazole rings is 2. The van der Waals surface area contributed by atoms with Gasteiger partial charge in [0.05, 0.1) is 48.4 Å². The number of hydrogen-bond donors (Lipinski definition) is 4. The van der Waals surface area contributed by atoms with Gasteiger partial charge in [0, 0.05) is 13.1 Å². The number of aromatic amines is 2. The average molecular weight is 791 g/mol. The lowest BCUT2D eigenvalue weighted by Crippen LogP contribution is -2.51. The Hall–Kier alpha value is -5.92. The van der Waals surface area contributed by atoms with Gasteiger partial charge in [-0.1, -0.05) is 65.0 Å². The summed E-state index contributed by atoms with van der Waals surface area (Å²) in [5.41, 5.74) is 8.99. The SMILES string of the molecule is CCc1cc(-c2ccc3nc([C@@H]4CCCN4C(=O)[C@@H](NC(=O)OC)C(C)C)[nH]c3c2)ccc1-c1ccc2nc([C@@H]3CCCN3C(=O)[C@@H](NC(=O)OC)C(C)C)[nH]c2c1. The van der Waals surface area contributed by atoms with Crippen molar-refractivity contribution in [3.63, 3.8) is 0 Å². The lowest BCUT2D eigenvalue weighted by atomic mass is 9.93. The monoisotopic (exact) mass is 790 g/mol. The van der Waals surface area contributed by atoms with Crippen molar-refractivity contribution in [1.82, 2.24) is 40.4 Å². The number of nitrogens with one attached hydrogen (secondary N) is 4. The number of carbonyl (C=O) groups excluding carboxylic acids is 4. The molecule has 2 aliphatic heterocycles.